The second kappa shape index (κ2) is 8.31. The lowest BCUT2D eigenvalue weighted by atomic mass is 10.3. The van der Waals surface area contributed by atoms with Gasteiger partial charge in [-0.3, -0.25) is 9.89 Å². The lowest BCUT2D eigenvalue weighted by Crippen LogP contribution is -2.37. The molecule has 0 aromatic heterocycles. The Balaban J connectivity index is 1.99. The lowest BCUT2D eigenvalue weighted by molar-refractivity contribution is 0.0373. The van der Waals surface area contributed by atoms with E-state index in [0.29, 0.717) is 12.0 Å². The number of guanidine groups is 1. The van der Waals surface area contributed by atoms with Crippen LogP contribution in [0.2, 0.25) is 0 Å². The van der Waals surface area contributed by atoms with Crippen molar-refractivity contribution >= 4 is 5.96 Å². The van der Waals surface area contributed by atoms with Crippen molar-refractivity contribution in [1.29, 1.82) is 0 Å². The zero-order valence-corrected chi connectivity index (χ0v) is 11.1. The first-order chi connectivity index (χ1) is 8.18. The molecule has 0 aliphatic carbocycles. The average Bonchev–Trinajstić information content (AvgIpc) is 2.29. The maximum atomic E-state index is 5.71. The predicted molar refractivity (Wildman–Crippen MR) is 71.3 cm³/mol. The minimum Gasteiger partial charge on any atom is -0.379 e. The van der Waals surface area contributed by atoms with E-state index in [1.165, 1.54) is 6.42 Å². The molecular weight excluding hydrogens is 216 g/mol. The SMILES string of the molecule is CC(C)NC(N)=NCCCCN1CCOCC1. The van der Waals surface area contributed by atoms with Crippen LogP contribution < -0.4 is 11.1 Å². The van der Waals surface area contributed by atoms with Crippen LogP contribution >= 0.6 is 0 Å². The normalized spacial score (nSPS) is 18.6. The van der Waals surface area contributed by atoms with Gasteiger partial charge in [0.25, 0.3) is 0 Å². The van der Waals surface area contributed by atoms with Crippen LogP contribution in [-0.4, -0.2) is 56.3 Å². The summed E-state index contributed by atoms with van der Waals surface area (Å²) in [4.78, 5) is 6.73. The van der Waals surface area contributed by atoms with Crippen LogP contribution in [0.1, 0.15) is 26.7 Å². The summed E-state index contributed by atoms with van der Waals surface area (Å²) in [5, 5.41) is 3.08. The van der Waals surface area contributed by atoms with E-state index in [2.05, 4.69) is 29.1 Å². The Kier molecular flexibility index (Phi) is 6.96. The molecule has 3 N–H and O–H groups in total. The van der Waals surface area contributed by atoms with Crippen molar-refractivity contribution in [2.45, 2.75) is 32.7 Å². The summed E-state index contributed by atoms with van der Waals surface area (Å²) in [6.45, 7) is 9.97. The number of ether oxygens (including phenoxy) is 1. The topological polar surface area (TPSA) is 62.9 Å². The molecule has 0 amide bonds. The van der Waals surface area contributed by atoms with Crippen LogP contribution in [0.3, 0.4) is 0 Å². The molecule has 1 aliphatic rings. The van der Waals surface area contributed by atoms with E-state index in [4.69, 9.17) is 10.5 Å². The molecule has 0 saturated carbocycles. The summed E-state index contributed by atoms with van der Waals surface area (Å²) in [5.74, 6) is 0.561. The van der Waals surface area contributed by atoms with Crippen molar-refractivity contribution in [1.82, 2.24) is 10.2 Å². The van der Waals surface area contributed by atoms with Crippen molar-refractivity contribution in [2.75, 3.05) is 39.4 Å². The zero-order valence-electron chi connectivity index (χ0n) is 11.1. The highest BCUT2D eigenvalue weighted by atomic mass is 16.5. The fraction of sp³-hybridized carbons (Fsp3) is 0.917. The molecule has 0 aromatic rings. The largest absolute Gasteiger partial charge is 0.379 e. The Morgan fingerprint density at radius 1 is 1.35 bits per heavy atom. The predicted octanol–water partition coefficient (Wildman–Crippen LogP) is 0.412. The van der Waals surface area contributed by atoms with Gasteiger partial charge in [0, 0.05) is 25.7 Å². The molecule has 0 radical (unpaired) electrons. The molecule has 5 heteroatoms. The van der Waals surface area contributed by atoms with Crippen LogP contribution in [0.5, 0.6) is 0 Å². The van der Waals surface area contributed by atoms with Gasteiger partial charge in [0.05, 0.1) is 13.2 Å². The molecule has 1 heterocycles. The van der Waals surface area contributed by atoms with Crippen LogP contribution in [0, 0.1) is 0 Å². The number of nitrogens with one attached hydrogen (secondary N) is 1. The first-order valence-corrected chi connectivity index (χ1v) is 6.55. The van der Waals surface area contributed by atoms with Gasteiger partial charge >= 0.3 is 0 Å². The Morgan fingerprint density at radius 2 is 2.06 bits per heavy atom. The fourth-order valence-electron chi connectivity index (χ4n) is 1.81. The Labute approximate surface area is 104 Å². The van der Waals surface area contributed by atoms with E-state index >= 15 is 0 Å². The van der Waals surface area contributed by atoms with Crippen LogP contribution in [0.25, 0.3) is 0 Å². The van der Waals surface area contributed by atoms with E-state index in [1.807, 2.05) is 0 Å². The van der Waals surface area contributed by atoms with Gasteiger partial charge in [-0.15, -0.1) is 0 Å². The Morgan fingerprint density at radius 3 is 2.71 bits per heavy atom. The third-order valence-electron chi connectivity index (χ3n) is 2.70. The van der Waals surface area contributed by atoms with Gasteiger partial charge in [-0.1, -0.05) is 0 Å². The molecule has 1 rings (SSSR count). The highest BCUT2D eigenvalue weighted by Crippen LogP contribution is 2.00. The molecular formula is C12H26N4O. The summed E-state index contributed by atoms with van der Waals surface area (Å²) in [7, 11) is 0. The molecule has 1 saturated heterocycles. The van der Waals surface area contributed by atoms with Crippen molar-refractivity contribution in [3.05, 3.63) is 0 Å². The number of hydrogen-bond acceptors (Lipinski definition) is 3. The van der Waals surface area contributed by atoms with Crippen LogP contribution in [0.4, 0.5) is 0 Å². The van der Waals surface area contributed by atoms with E-state index in [0.717, 1.165) is 45.8 Å². The molecule has 1 fully saturated rings. The van der Waals surface area contributed by atoms with Crippen molar-refractivity contribution < 1.29 is 4.74 Å². The number of hydrogen-bond donors (Lipinski definition) is 2. The molecule has 0 unspecified atom stereocenters. The maximum absolute atomic E-state index is 5.71. The summed E-state index contributed by atoms with van der Waals surface area (Å²) in [6.07, 6.45) is 2.27. The number of rotatable bonds is 6. The molecule has 1 aliphatic heterocycles. The minimum atomic E-state index is 0.354. The maximum Gasteiger partial charge on any atom is 0.188 e. The van der Waals surface area contributed by atoms with Gasteiger partial charge in [-0.25, -0.2) is 0 Å². The van der Waals surface area contributed by atoms with Gasteiger partial charge in [0.15, 0.2) is 5.96 Å². The summed E-state index contributed by atoms with van der Waals surface area (Å²) in [6, 6.07) is 0.354. The fourth-order valence-corrected chi connectivity index (χ4v) is 1.81. The number of morpholine rings is 1. The highest BCUT2D eigenvalue weighted by molar-refractivity contribution is 5.77. The molecule has 0 atom stereocenters. The van der Waals surface area contributed by atoms with Gasteiger partial charge in [-0.2, -0.15) is 0 Å². The zero-order chi connectivity index (χ0) is 12.5. The Hall–Kier alpha value is -0.810. The minimum absolute atomic E-state index is 0.354. The quantitative estimate of drug-likeness (QED) is 0.402. The second-order valence-electron chi connectivity index (χ2n) is 4.73. The lowest BCUT2D eigenvalue weighted by Gasteiger charge is -2.26. The second-order valence-corrected chi connectivity index (χ2v) is 4.73. The number of unbranched alkanes of at least 4 members (excludes halogenated alkanes) is 1. The molecule has 100 valence electrons. The van der Waals surface area contributed by atoms with Crippen LogP contribution in [-0.2, 0) is 4.74 Å². The monoisotopic (exact) mass is 242 g/mol. The number of nitrogens with zero attached hydrogens (tertiary/aromatic N) is 2. The summed E-state index contributed by atoms with van der Waals surface area (Å²) in [5.41, 5.74) is 5.71. The third kappa shape index (κ3) is 7.18. The van der Waals surface area contributed by atoms with Gasteiger partial charge < -0.3 is 15.8 Å². The Bertz CT molecular complexity index is 225. The first-order valence-electron chi connectivity index (χ1n) is 6.55. The molecule has 0 spiro atoms. The van der Waals surface area contributed by atoms with Crippen molar-refractivity contribution in [3.63, 3.8) is 0 Å². The van der Waals surface area contributed by atoms with E-state index in [9.17, 15) is 0 Å². The van der Waals surface area contributed by atoms with E-state index in [1.54, 1.807) is 0 Å². The van der Waals surface area contributed by atoms with Gasteiger partial charge in [0.1, 0.15) is 0 Å². The molecule has 0 bridgehead atoms. The highest BCUT2D eigenvalue weighted by Gasteiger charge is 2.08. The summed E-state index contributed by atoms with van der Waals surface area (Å²) >= 11 is 0. The molecule has 0 aromatic carbocycles. The van der Waals surface area contributed by atoms with Crippen LogP contribution in [0.15, 0.2) is 4.99 Å². The third-order valence-corrected chi connectivity index (χ3v) is 2.70. The smallest absolute Gasteiger partial charge is 0.188 e. The number of nitrogens with two attached hydrogens (primary N) is 1. The average molecular weight is 242 g/mol. The van der Waals surface area contributed by atoms with E-state index < -0.39 is 0 Å². The van der Waals surface area contributed by atoms with Crippen molar-refractivity contribution in [2.24, 2.45) is 10.7 Å². The van der Waals surface area contributed by atoms with Crippen molar-refractivity contribution in [3.8, 4) is 0 Å². The van der Waals surface area contributed by atoms with Gasteiger partial charge in [0.2, 0.25) is 0 Å². The molecule has 5 nitrogen and oxygen atoms in total. The summed E-state index contributed by atoms with van der Waals surface area (Å²) < 4.78 is 5.31. The van der Waals surface area contributed by atoms with Gasteiger partial charge in [-0.05, 0) is 33.2 Å². The van der Waals surface area contributed by atoms with E-state index in [-0.39, 0.29) is 0 Å². The first kappa shape index (κ1) is 14.3. The standard InChI is InChI=1S/C12H26N4O/c1-11(2)15-12(13)14-5-3-4-6-16-7-9-17-10-8-16/h11H,3-10H2,1-2H3,(H3,13,14,15). The molecule has 17 heavy (non-hydrogen) atoms. The number of aliphatic imine (C=N–C) groups is 1.